The van der Waals surface area contributed by atoms with Crippen LogP contribution in [-0.4, -0.2) is 38.4 Å². The Balaban J connectivity index is 1.25. The molecule has 0 bridgehead atoms. The van der Waals surface area contributed by atoms with Crippen LogP contribution >= 0.6 is 11.3 Å². The number of nitrogens with zero attached hydrogens (tertiary/aromatic N) is 4. The van der Waals surface area contributed by atoms with Crippen LogP contribution in [0, 0.1) is 5.82 Å². The van der Waals surface area contributed by atoms with Crippen LogP contribution in [0.1, 0.15) is 55.7 Å². The highest BCUT2D eigenvalue weighted by Crippen LogP contribution is 2.36. The molecule has 0 atom stereocenters. The predicted octanol–water partition coefficient (Wildman–Crippen LogP) is 4.16. The van der Waals surface area contributed by atoms with Crippen molar-refractivity contribution in [3.05, 3.63) is 47.5 Å². The van der Waals surface area contributed by atoms with Crippen LogP contribution < -0.4 is 4.90 Å². The molecule has 0 unspecified atom stereocenters. The summed E-state index contributed by atoms with van der Waals surface area (Å²) in [7, 11) is 0. The summed E-state index contributed by atoms with van der Waals surface area (Å²) >= 11 is 1.62. The molecule has 0 radical (unpaired) electrons. The van der Waals surface area contributed by atoms with Crippen molar-refractivity contribution in [2.75, 3.05) is 18.0 Å². The lowest BCUT2D eigenvalue weighted by molar-refractivity contribution is 0.0165. The van der Waals surface area contributed by atoms with Gasteiger partial charge >= 0.3 is 0 Å². The smallest absolute Gasteiger partial charge is 0.214 e. The summed E-state index contributed by atoms with van der Waals surface area (Å²) in [4.78, 5) is 8.00. The summed E-state index contributed by atoms with van der Waals surface area (Å²) in [6.07, 6.45) is 8.99. The van der Waals surface area contributed by atoms with Gasteiger partial charge in [-0.3, -0.25) is 0 Å². The Kier molecular flexibility index (Phi) is 4.59. The fourth-order valence-electron chi connectivity index (χ4n) is 4.57. The molecule has 28 heavy (non-hydrogen) atoms. The Morgan fingerprint density at radius 3 is 2.71 bits per heavy atom. The molecular weight excluding hydrogens is 375 g/mol. The monoisotopic (exact) mass is 400 g/mol. The Morgan fingerprint density at radius 1 is 1.21 bits per heavy atom. The first-order valence-electron chi connectivity index (χ1n) is 10.2. The summed E-state index contributed by atoms with van der Waals surface area (Å²) in [5, 5.41) is 16.7. The van der Waals surface area contributed by atoms with E-state index in [4.69, 9.17) is 10.1 Å². The summed E-state index contributed by atoms with van der Waals surface area (Å²) in [5.74, 6) is 0.354. The minimum atomic E-state index is -0.780. The number of hydrogen-bond donors (Lipinski definition) is 1. The van der Waals surface area contributed by atoms with Gasteiger partial charge in [0.25, 0.3) is 0 Å². The van der Waals surface area contributed by atoms with Gasteiger partial charge in [-0.15, -0.1) is 5.10 Å². The first kappa shape index (κ1) is 18.1. The standard InChI is InChI=1S/C21H25FN4OS/c22-17-7-3-4-15(12-17)13-21(27)8-10-25(11-9-21)20-24-26-14-18(23-19(26)28-20)16-5-1-2-6-16/h3-4,7,12,14,16,27H,1-2,5-6,8-11,13H2. The molecule has 2 aromatic heterocycles. The predicted molar refractivity (Wildman–Crippen MR) is 109 cm³/mol. The zero-order valence-electron chi connectivity index (χ0n) is 15.9. The Morgan fingerprint density at radius 2 is 2.00 bits per heavy atom. The summed E-state index contributed by atoms with van der Waals surface area (Å²) in [6.45, 7) is 1.50. The number of aromatic nitrogens is 3. The highest BCUT2D eigenvalue weighted by Gasteiger charge is 2.33. The highest BCUT2D eigenvalue weighted by atomic mass is 32.1. The third-order valence-corrected chi connectivity index (χ3v) is 7.19. The fourth-order valence-corrected chi connectivity index (χ4v) is 5.51. The number of halogens is 1. The van der Waals surface area contributed by atoms with E-state index < -0.39 is 5.60 Å². The lowest BCUT2D eigenvalue weighted by Crippen LogP contribution is -2.45. The van der Waals surface area contributed by atoms with Crippen molar-refractivity contribution >= 4 is 21.4 Å². The van der Waals surface area contributed by atoms with Crippen LogP contribution in [0.15, 0.2) is 30.5 Å². The van der Waals surface area contributed by atoms with Gasteiger partial charge in [-0.25, -0.2) is 13.9 Å². The molecule has 5 rings (SSSR count). The molecule has 2 aliphatic rings. The minimum absolute atomic E-state index is 0.248. The van der Waals surface area contributed by atoms with E-state index in [1.54, 1.807) is 17.4 Å². The maximum absolute atomic E-state index is 13.4. The van der Waals surface area contributed by atoms with E-state index in [1.165, 1.54) is 43.5 Å². The maximum Gasteiger partial charge on any atom is 0.214 e. The molecule has 148 valence electrons. The van der Waals surface area contributed by atoms with Crippen molar-refractivity contribution in [1.29, 1.82) is 0 Å². The van der Waals surface area contributed by atoms with Gasteiger partial charge < -0.3 is 10.0 Å². The molecule has 0 amide bonds. The second-order valence-electron chi connectivity index (χ2n) is 8.28. The number of imidazole rings is 1. The molecule has 1 N–H and O–H groups in total. The van der Waals surface area contributed by atoms with Gasteiger partial charge in [0.15, 0.2) is 0 Å². The third-order valence-electron chi connectivity index (χ3n) is 6.21. The molecule has 1 saturated carbocycles. The number of aliphatic hydroxyl groups is 1. The number of fused-ring (bicyclic) bond motifs is 1. The molecule has 1 aliphatic carbocycles. The van der Waals surface area contributed by atoms with Crippen molar-refractivity contribution < 1.29 is 9.50 Å². The molecule has 3 heterocycles. The van der Waals surface area contributed by atoms with Gasteiger partial charge in [0.1, 0.15) is 5.82 Å². The van der Waals surface area contributed by atoms with Crippen molar-refractivity contribution in [3.8, 4) is 0 Å². The molecule has 1 aliphatic heterocycles. The van der Waals surface area contributed by atoms with E-state index in [-0.39, 0.29) is 5.82 Å². The van der Waals surface area contributed by atoms with Crippen LogP contribution in [0.5, 0.6) is 0 Å². The van der Waals surface area contributed by atoms with Crippen molar-refractivity contribution in [2.45, 2.75) is 56.5 Å². The zero-order chi connectivity index (χ0) is 19.1. The quantitative estimate of drug-likeness (QED) is 0.714. The van der Waals surface area contributed by atoms with Crippen LogP contribution in [0.25, 0.3) is 4.96 Å². The average Bonchev–Trinajstić information content (AvgIpc) is 3.38. The first-order chi connectivity index (χ1) is 13.6. The van der Waals surface area contributed by atoms with Gasteiger partial charge in [-0.05, 0) is 43.4 Å². The van der Waals surface area contributed by atoms with Crippen LogP contribution in [-0.2, 0) is 6.42 Å². The Hall–Kier alpha value is -1.99. The Bertz CT molecular complexity index is 938. The van der Waals surface area contributed by atoms with E-state index in [9.17, 15) is 9.50 Å². The van der Waals surface area contributed by atoms with E-state index in [0.717, 1.165) is 28.7 Å². The topological polar surface area (TPSA) is 53.7 Å². The van der Waals surface area contributed by atoms with E-state index in [0.29, 0.717) is 25.2 Å². The molecule has 1 aromatic carbocycles. The second kappa shape index (κ2) is 7.12. The largest absolute Gasteiger partial charge is 0.389 e. The maximum atomic E-state index is 13.4. The van der Waals surface area contributed by atoms with Crippen molar-refractivity contribution in [1.82, 2.24) is 14.6 Å². The molecular formula is C21H25FN4OS. The molecule has 7 heteroatoms. The van der Waals surface area contributed by atoms with E-state index in [1.807, 2.05) is 10.6 Å². The number of piperidine rings is 1. The highest BCUT2D eigenvalue weighted by molar-refractivity contribution is 7.20. The molecule has 5 nitrogen and oxygen atoms in total. The van der Waals surface area contributed by atoms with Gasteiger partial charge in [-0.2, -0.15) is 0 Å². The van der Waals surface area contributed by atoms with E-state index in [2.05, 4.69) is 11.1 Å². The first-order valence-corrected chi connectivity index (χ1v) is 11.0. The lowest BCUT2D eigenvalue weighted by Gasteiger charge is -2.38. The molecule has 1 saturated heterocycles. The van der Waals surface area contributed by atoms with Crippen molar-refractivity contribution in [3.63, 3.8) is 0 Å². The molecule has 3 aromatic rings. The average molecular weight is 401 g/mol. The Labute approximate surface area is 167 Å². The van der Waals surface area contributed by atoms with Gasteiger partial charge in [0.05, 0.1) is 17.5 Å². The number of hydrogen-bond acceptors (Lipinski definition) is 5. The normalized spacial score (nSPS) is 20.3. The lowest BCUT2D eigenvalue weighted by atomic mass is 9.85. The van der Waals surface area contributed by atoms with Crippen LogP contribution in [0.4, 0.5) is 9.52 Å². The number of anilines is 1. The fraction of sp³-hybridized carbons (Fsp3) is 0.524. The molecule has 2 fully saturated rings. The van der Waals surface area contributed by atoms with Crippen LogP contribution in [0.2, 0.25) is 0 Å². The van der Waals surface area contributed by atoms with Crippen molar-refractivity contribution in [2.24, 2.45) is 0 Å². The summed E-state index contributed by atoms with van der Waals surface area (Å²) < 4.78 is 15.3. The van der Waals surface area contributed by atoms with Crippen LogP contribution in [0.3, 0.4) is 0 Å². The SMILES string of the molecule is OC1(Cc2cccc(F)c2)CCN(c2nn3cc(C4CCCC4)nc3s2)CC1. The van der Waals surface area contributed by atoms with Gasteiger partial charge in [0, 0.05) is 25.4 Å². The molecule has 0 spiro atoms. The second-order valence-corrected chi connectivity index (χ2v) is 9.21. The van der Waals surface area contributed by atoms with Gasteiger partial charge in [-0.1, -0.05) is 36.3 Å². The third kappa shape index (κ3) is 3.53. The summed E-state index contributed by atoms with van der Waals surface area (Å²) in [5.41, 5.74) is 1.26. The van der Waals surface area contributed by atoms with Gasteiger partial charge in [0.2, 0.25) is 10.1 Å². The summed E-state index contributed by atoms with van der Waals surface area (Å²) in [6, 6.07) is 6.54. The zero-order valence-corrected chi connectivity index (χ0v) is 16.7. The number of benzene rings is 1. The van der Waals surface area contributed by atoms with E-state index >= 15 is 0 Å². The minimum Gasteiger partial charge on any atom is -0.389 e. The number of rotatable bonds is 4.